The van der Waals surface area contributed by atoms with Gasteiger partial charge in [0.2, 0.25) is 0 Å². The molecule has 0 saturated heterocycles. The van der Waals surface area contributed by atoms with Crippen molar-refractivity contribution in [2.45, 2.75) is 85.3 Å². The van der Waals surface area contributed by atoms with E-state index in [2.05, 4.69) is 54.5 Å². The molecule has 13 heteroatoms. The molecule has 5 aromatic rings. The van der Waals surface area contributed by atoms with Gasteiger partial charge >= 0.3 is 12.1 Å². The molecule has 63 heavy (non-hydrogen) atoms. The first kappa shape index (κ1) is 46.4. The zero-order valence-electron chi connectivity index (χ0n) is 36.4. The van der Waals surface area contributed by atoms with Crippen LogP contribution in [-0.4, -0.2) is 70.1 Å². The number of carboxylic acids is 1. The summed E-state index contributed by atoms with van der Waals surface area (Å²) in [6.07, 6.45) is 4.63. The van der Waals surface area contributed by atoms with Crippen LogP contribution in [0.3, 0.4) is 0 Å². The number of nitrogens with one attached hydrogen (secondary N) is 1. The van der Waals surface area contributed by atoms with Crippen molar-refractivity contribution < 1.29 is 38.7 Å². The number of aromatic nitrogens is 1. The molecular weight excluding hydrogens is 820 g/mol. The number of amides is 1. The first-order valence-corrected chi connectivity index (χ1v) is 21.5. The Balaban J connectivity index is 1.15. The zero-order valence-corrected chi connectivity index (χ0v) is 37.2. The molecule has 3 N–H and O–H groups in total. The molecule has 1 fully saturated rings. The Kier molecular flexibility index (Phi) is 15.7. The third-order valence-electron chi connectivity index (χ3n) is 11.1. The van der Waals surface area contributed by atoms with Crippen molar-refractivity contribution in [3.63, 3.8) is 0 Å². The Morgan fingerprint density at radius 2 is 1.59 bits per heavy atom. The fourth-order valence-electron chi connectivity index (χ4n) is 7.67. The van der Waals surface area contributed by atoms with Crippen molar-refractivity contribution >= 4 is 23.7 Å². The van der Waals surface area contributed by atoms with Crippen molar-refractivity contribution in [3.8, 4) is 45.6 Å². The summed E-state index contributed by atoms with van der Waals surface area (Å²) in [7, 11) is 0. The number of aliphatic hydroxyl groups excluding tert-OH is 1. The number of carbonyl (C=O) groups excluding carboxylic acids is 1. The van der Waals surface area contributed by atoms with Crippen LogP contribution in [0.2, 0.25) is 5.02 Å². The molecule has 1 aliphatic carbocycles. The molecule has 0 spiro atoms. The Morgan fingerprint density at radius 1 is 0.873 bits per heavy atom. The monoisotopic (exact) mass is 874 g/mol. The van der Waals surface area contributed by atoms with E-state index in [1.54, 1.807) is 39.1 Å². The number of carboxylic acid groups (broad SMARTS) is 1. The summed E-state index contributed by atoms with van der Waals surface area (Å²) in [5, 5.41) is 32.2. The number of nitriles is 1. The number of aliphatic carboxylic acids is 1. The number of rotatable bonds is 18. The maximum atomic E-state index is 12.6. The normalized spacial score (nSPS) is 14.8. The molecular formula is C50H55ClN4O8. The van der Waals surface area contributed by atoms with E-state index in [1.165, 1.54) is 11.1 Å². The van der Waals surface area contributed by atoms with Crippen LogP contribution in [0.5, 0.6) is 17.2 Å². The summed E-state index contributed by atoms with van der Waals surface area (Å²) in [6.45, 7) is 10.9. The zero-order chi connectivity index (χ0) is 45.1. The van der Waals surface area contributed by atoms with Gasteiger partial charge < -0.3 is 39.4 Å². The van der Waals surface area contributed by atoms with Gasteiger partial charge in [-0.15, -0.1) is 0 Å². The van der Waals surface area contributed by atoms with Gasteiger partial charge in [0, 0.05) is 48.7 Å². The molecule has 1 saturated carbocycles. The Hall–Kier alpha value is -6.13. The van der Waals surface area contributed by atoms with E-state index in [9.17, 15) is 25.1 Å². The van der Waals surface area contributed by atoms with Crippen LogP contribution in [-0.2, 0) is 29.3 Å². The van der Waals surface area contributed by atoms with Crippen molar-refractivity contribution in [1.82, 2.24) is 15.2 Å². The van der Waals surface area contributed by atoms with E-state index in [-0.39, 0.29) is 51.5 Å². The molecule has 0 radical (unpaired) electrons. The highest BCUT2D eigenvalue weighted by Crippen LogP contribution is 2.37. The van der Waals surface area contributed by atoms with E-state index in [4.69, 9.17) is 30.5 Å². The fourth-order valence-corrected chi connectivity index (χ4v) is 7.91. The number of hydrogen-bond donors (Lipinski definition) is 3. The lowest BCUT2D eigenvalue weighted by molar-refractivity contribution is -0.141. The number of carbonyl (C=O) groups is 2. The van der Waals surface area contributed by atoms with Gasteiger partial charge in [0.15, 0.2) is 0 Å². The maximum absolute atomic E-state index is 12.6. The largest absolute Gasteiger partial charge is 0.492 e. The SMILES string of the molecule is Cc1c(COc2cc(OCc3cncc(C#N)c3)c(CN[C@H]3CC[C@@H](C(=O)O)C3)cc2Cl)cccc1-c1cccc(-c2ccc(OCCN(CCO)C(=O)OC(C)(C)C)cc2)c1C. The van der Waals surface area contributed by atoms with Crippen LogP contribution in [0, 0.1) is 31.1 Å². The summed E-state index contributed by atoms with van der Waals surface area (Å²) in [5.41, 5.74) is 8.78. The number of hydrogen-bond acceptors (Lipinski definition) is 10. The molecule has 1 aliphatic rings. The van der Waals surface area contributed by atoms with Crippen molar-refractivity contribution in [3.05, 3.63) is 130 Å². The fraction of sp³-hybridized carbons (Fsp3) is 0.360. The smallest absolute Gasteiger partial charge is 0.410 e. The molecule has 0 aliphatic heterocycles. The number of nitrogens with zero attached hydrogens (tertiary/aromatic N) is 3. The lowest BCUT2D eigenvalue weighted by Gasteiger charge is -2.27. The maximum Gasteiger partial charge on any atom is 0.410 e. The minimum absolute atomic E-state index is 0.0606. The lowest BCUT2D eigenvalue weighted by atomic mass is 9.89. The minimum atomic E-state index is -0.765. The first-order valence-electron chi connectivity index (χ1n) is 21.1. The Bertz CT molecular complexity index is 2430. The van der Waals surface area contributed by atoms with E-state index in [0.29, 0.717) is 47.2 Å². The standard InChI is InChI=1S/C50H55ClN4O8/c1-32-38(31-62-47-25-46(61-30-35-22-34(26-52)27-53-28-35)39(24-45(47)51)29-54-40-15-12-37(23-40)48(57)58)8-6-10-43(32)44-11-7-9-42(33(44)2)36-13-16-41(17-14-36)60-21-19-55(18-20-56)49(59)63-50(3,4)5/h6-11,13-14,16-17,22,24-25,27-28,37,40,54,56H,12,15,18-21,23,29-31H2,1-5H3,(H,57,58)/t37-,40+/m1/s1. The molecule has 12 nitrogen and oxygen atoms in total. The highest BCUT2D eigenvalue weighted by Gasteiger charge is 2.29. The first-order chi connectivity index (χ1) is 30.2. The number of halogens is 1. The molecule has 6 rings (SSSR count). The average molecular weight is 875 g/mol. The third-order valence-corrected chi connectivity index (χ3v) is 11.4. The third kappa shape index (κ3) is 12.5. The molecule has 4 aromatic carbocycles. The van der Waals surface area contributed by atoms with Crippen LogP contribution < -0.4 is 19.5 Å². The van der Waals surface area contributed by atoms with Crippen molar-refractivity contribution in [2.75, 3.05) is 26.3 Å². The molecule has 1 aromatic heterocycles. The molecule has 1 amide bonds. The van der Waals surface area contributed by atoms with Crippen LogP contribution in [0.4, 0.5) is 4.79 Å². The second-order valence-corrected chi connectivity index (χ2v) is 17.1. The lowest BCUT2D eigenvalue weighted by Crippen LogP contribution is -2.40. The summed E-state index contributed by atoms with van der Waals surface area (Å²) in [6, 6.07) is 27.8. The topological polar surface area (TPSA) is 163 Å². The molecule has 2 atom stereocenters. The van der Waals surface area contributed by atoms with Crippen LogP contribution >= 0.6 is 11.6 Å². The van der Waals surface area contributed by atoms with Gasteiger partial charge in [-0.1, -0.05) is 60.1 Å². The highest BCUT2D eigenvalue weighted by atomic mass is 35.5. The summed E-state index contributed by atoms with van der Waals surface area (Å²) < 4.78 is 24.2. The molecule has 0 bridgehead atoms. The summed E-state index contributed by atoms with van der Waals surface area (Å²) in [5.74, 6) is 0.550. The summed E-state index contributed by atoms with van der Waals surface area (Å²) in [4.78, 5) is 29.7. The Morgan fingerprint density at radius 3 is 2.29 bits per heavy atom. The van der Waals surface area contributed by atoms with Gasteiger partial charge in [-0.05, 0) is 117 Å². The predicted octanol–water partition coefficient (Wildman–Crippen LogP) is 9.67. The summed E-state index contributed by atoms with van der Waals surface area (Å²) >= 11 is 6.87. The predicted molar refractivity (Wildman–Crippen MR) is 242 cm³/mol. The van der Waals surface area contributed by atoms with Gasteiger partial charge in [-0.2, -0.15) is 5.26 Å². The molecule has 1 heterocycles. The van der Waals surface area contributed by atoms with Crippen molar-refractivity contribution in [1.29, 1.82) is 5.26 Å². The van der Waals surface area contributed by atoms with E-state index < -0.39 is 17.7 Å². The van der Waals surface area contributed by atoms with Gasteiger partial charge in [-0.25, -0.2) is 4.79 Å². The molecule has 330 valence electrons. The number of pyridine rings is 1. The van der Waals surface area contributed by atoms with Crippen molar-refractivity contribution in [2.24, 2.45) is 5.92 Å². The van der Waals surface area contributed by atoms with E-state index in [0.717, 1.165) is 56.5 Å². The Labute approximate surface area is 374 Å². The van der Waals surface area contributed by atoms with Crippen LogP contribution in [0.25, 0.3) is 22.3 Å². The van der Waals surface area contributed by atoms with Gasteiger partial charge in [0.1, 0.15) is 48.7 Å². The number of aliphatic hydroxyl groups is 1. The van der Waals surface area contributed by atoms with Gasteiger partial charge in [0.25, 0.3) is 0 Å². The molecule has 0 unspecified atom stereocenters. The van der Waals surface area contributed by atoms with Gasteiger partial charge in [-0.3, -0.25) is 9.78 Å². The second-order valence-electron chi connectivity index (χ2n) is 16.7. The second kappa shape index (κ2) is 21.3. The van der Waals surface area contributed by atoms with Gasteiger partial charge in [0.05, 0.1) is 29.7 Å². The quantitative estimate of drug-likeness (QED) is 0.0768. The van der Waals surface area contributed by atoms with Crippen LogP contribution in [0.15, 0.2) is 91.3 Å². The average Bonchev–Trinajstić information content (AvgIpc) is 3.75. The van der Waals surface area contributed by atoms with E-state index in [1.807, 2.05) is 42.5 Å². The number of benzene rings is 4. The van der Waals surface area contributed by atoms with E-state index >= 15 is 0 Å². The minimum Gasteiger partial charge on any atom is -0.492 e. The number of ether oxygens (including phenoxy) is 4. The van der Waals surface area contributed by atoms with Crippen LogP contribution in [0.1, 0.15) is 73.4 Å². The highest BCUT2D eigenvalue weighted by molar-refractivity contribution is 6.32.